The minimum Gasteiger partial charge on any atom is -0.342 e. The zero-order valence-corrected chi connectivity index (χ0v) is 12.3. The summed E-state index contributed by atoms with van der Waals surface area (Å²) >= 11 is 11.9. The van der Waals surface area contributed by atoms with E-state index in [9.17, 15) is 0 Å². The Kier molecular flexibility index (Phi) is 3.51. The van der Waals surface area contributed by atoms with E-state index >= 15 is 0 Å². The Morgan fingerprint density at radius 2 is 1.30 bits per heavy atom. The molecule has 0 unspecified atom stereocenters. The Hall–Kier alpha value is -1.77. The van der Waals surface area contributed by atoms with E-state index in [4.69, 9.17) is 23.2 Å². The number of benzene rings is 2. The van der Waals surface area contributed by atoms with Gasteiger partial charge in [0.15, 0.2) is 0 Å². The first-order valence-corrected chi connectivity index (χ1v) is 6.97. The number of aromatic nitrogens is 2. The predicted octanol–water partition coefficient (Wildman–Crippen LogP) is 5.36. The van der Waals surface area contributed by atoms with Crippen LogP contribution < -0.4 is 0 Å². The molecule has 100 valence electrons. The lowest BCUT2D eigenvalue weighted by molar-refractivity contribution is 1.15. The highest BCUT2D eigenvalue weighted by molar-refractivity contribution is 6.31. The number of rotatable bonds is 2. The monoisotopic (exact) mass is 302 g/mol. The Morgan fingerprint density at radius 3 is 1.85 bits per heavy atom. The van der Waals surface area contributed by atoms with E-state index in [0.29, 0.717) is 5.02 Å². The lowest BCUT2D eigenvalue weighted by Crippen LogP contribution is -1.83. The van der Waals surface area contributed by atoms with Gasteiger partial charge in [-0.1, -0.05) is 47.5 Å². The largest absolute Gasteiger partial charge is 0.342 e. The molecule has 0 radical (unpaired) electrons. The number of halogens is 2. The van der Waals surface area contributed by atoms with Crippen molar-refractivity contribution < 1.29 is 0 Å². The second-order valence-electron chi connectivity index (χ2n) is 4.56. The number of aromatic amines is 1. The van der Waals surface area contributed by atoms with Crippen molar-refractivity contribution in [2.24, 2.45) is 0 Å². The number of H-pyrrole nitrogens is 1. The van der Waals surface area contributed by atoms with Gasteiger partial charge in [0, 0.05) is 21.2 Å². The summed E-state index contributed by atoms with van der Waals surface area (Å²) in [5, 5.41) is 1.44. The van der Waals surface area contributed by atoms with Gasteiger partial charge in [-0.2, -0.15) is 0 Å². The quantitative estimate of drug-likeness (QED) is 0.678. The molecule has 1 heterocycles. The Morgan fingerprint density at radius 1 is 0.800 bits per heavy atom. The summed E-state index contributed by atoms with van der Waals surface area (Å²) in [6, 6.07) is 15.4. The van der Waals surface area contributed by atoms with E-state index in [1.54, 1.807) is 0 Å². The van der Waals surface area contributed by atoms with E-state index in [-0.39, 0.29) is 0 Å². The number of hydrogen-bond acceptors (Lipinski definition) is 1. The second kappa shape index (κ2) is 5.31. The predicted molar refractivity (Wildman–Crippen MR) is 84.2 cm³/mol. The smallest absolute Gasteiger partial charge is 0.104 e. The molecule has 20 heavy (non-hydrogen) atoms. The van der Waals surface area contributed by atoms with E-state index in [1.807, 2.05) is 55.5 Å². The SMILES string of the molecule is Cc1nc(-c2ccc(Cl)cc2)c(-c2ccc(Cl)cc2)[nH]1. The molecule has 2 aromatic carbocycles. The molecule has 0 aliphatic heterocycles. The topological polar surface area (TPSA) is 28.7 Å². The number of aryl methyl sites for hydroxylation is 1. The average Bonchev–Trinajstić information content (AvgIpc) is 2.82. The van der Waals surface area contributed by atoms with Crippen LogP contribution >= 0.6 is 23.2 Å². The van der Waals surface area contributed by atoms with Crippen molar-refractivity contribution in [3.63, 3.8) is 0 Å². The first-order chi connectivity index (χ1) is 9.63. The highest BCUT2D eigenvalue weighted by Crippen LogP contribution is 2.31. The number of hydrogen-bond donors (Lipinski definition) is 1. The van der Waals surface area contributed by atoms with Crippen molar-refractivity contribution in [2.45, 2.75) is 6.92 Å². The third-order valence-electron chi connectivity index (χ3n) is 3.07. The van der Waals surface area contributed by atoms with Crippen LogP contribution in [0.2, 0.25) is 10.0 Å². The summed E-state index contributed by atoms with van der Waals surface area (Å²) in [6.07, 6.45) is 0. The molecule has 0 atom stereocenters. The van der Waals surface area contributed by atoms with Crippen molar-refractivity contribution >= 4 is 23.2 Å². The normalized spacial score (nSPS) is 10.8. The van der Waals surface area contributed by atoms with Crippen molar-refractivity contribution in [1.29, 1.82) is 0 Å². The molecular formula is C16H12Cl2N2. The van der Waals surface area contributed by atoms with Crippen LogP contribution in [-0.2, 0) is 0 Å². The molecule has 0 amide bonds. The molecule has 4 heteroatoms. The standard InChI is InChI=1S/C16H12Cl2N2/c1-10-19-15(11-2-6-13(17)7-3-11)16(20-10)12-4-8-14(18)9-5-12/h2-9H,1H3,(H,19,20). The fourth-order valence-electron chi connectivity index (χ4n) is 2.13. The van der Waals surface area contributed by atoms with Crippen LogP contribution in [0.4, 0.5) is 0 Å². The minimum absolute atomic E-state index is 0.717. The summed E-state index contributed by atoms with van der Waals surface area (Å²) < 4.78 is 0. The van der Waals surface area contributed by atoms with E-state index in [1.165, 1.54) is 0 Å². The van der Waals surface area contributed by atoms with Crippen molar-refractivity contribution in [3.8, 4) is 22.5 Å². The van der Waals surface area contributed by atoms with Crippen molar-refractivity contribution in [3.05, 3.63) is 64.4 Å². The number of imidazole rings is 1. The summed E-state index contributed by atoms with van der Waals surface area (Å²) in [5.41, 5.74) is 3.99. The third-order valence-corrected chi connectivity index (χ3v) is 3.58. The molecule has 0 bridgehead atoms. The van der Waals surface area contributed by atoms with Crippen LogP contribution in [0.1, 0.15) is 5.82 Å². The van der Waals surface area contributed by atoms with Crippen molar-refractivity contribution in [1.82, 2.24) is 9.97 Å². The van der Waals surface area contributed by atoms with Gasteiger partial charge in [-0.3, -0.25) is 0 Å². The Bertz CT molecular complexity index is 665. The van der Waals surface area contributed by atoms with Crippen LogP contribution in [0.15, 0.2) is 48.5 Å². The van der Waals surface area contributed by atoms with Gasteiger partial charge in [-0.05, 0) is 31.2 Å². The van der Waals surface area contributed by atoms with Gasteiger partial charge in [0.2, 0.25) is 0 Å². The second-order valence-corrected chi connectivity index (χ2v) is 5.43. The van der Waals surface area contributed by atoms with Crippen LogP contribution in [0.3, 0.4) is 0 Å². The molecule has 0 aliphatic rings. The maximum Gasteiger partial charge on any atom is 0.104 e. The molecular weight excluding hydrogens is 291 g/mol. The van der Waals surface area contributed by atoms with Gasteiger partial charge in [0.1, 0.15) is 5.82 Å². The number of nitrogens with one attached hydrogen (secondary N) is 1. The first kappa shape index (κ1) is 13.2. The maximum atomic E-state index is 5.94. The fraction of sp³-hybridized carbons (Fsp3) is 0.0625. The minimum atomic E-state index is 0.717. The summed E-state index contributed by atoms with van der Waals surface area (Å²) in [7, 11) is 0. The zero-order valence-electron chi connectivity index (χ0n) is 10.8. The first-order valence-electron chi connectivity index (χ1n) is 6.22. The summed E-state index contributed by atoms with van der Waals surface area (Å²) in [6.45, 7) is 1.94. The van der Waals surface area contributed by atoms with Gasteiger partial charge in [0.25, 0.3) is 0 Å². The van der Waals surface area contributed by atoms with Gasteiger partial charge in [-0.15, -0.1) is 0 Å². The highest BCUT2D eigenvalue weighted by Gasteiger charge is 2.12. The summed E-state index contributed by atoms with van der Waals surface area (Å²) in [4.78, 5) is 7.88. The van der Waals surface area contributed by atoms with Crippen LogP contribution in [-0.4, -0.2) is 9.97 Å². The Labute approximate surface area is 127 Å². The van der Waals surface area contributed by atoms with Gasteiger partial charge in [-0.25, -0.2) is 4.98 Å². The molecule has 1 N–H and O–H groups in total. The lowest BCUT2D eigenvalue weighted by atomic mass is 10.1. The third kappa shape index (κ3) is 2.58. The van der Waals surface area contributed by atoms with Gasteiger partial charge in [0.05, 0.1) is 11.4 Å². The van der Waals surface area contributed by atoms with E-state index in [0.717, 1.165) is 33.4 Å². The van der Waals surface area contributed by atoms with Crippen LogP contribution in [0.5, 0.6) is 0 Å². The molecule has 1 aromatic heterocycles. The molecule has 3 rings (SSSR count). The van der Waals surface area contributed by atoms with Crippen molar-refractivity contribution in [2.75, 3.05) is 0 Å². The lowest BCUT2D eigenvalue weighted by Gasteiger charge is -2.03. The maximum absolute atomic E-state index is 5.94. The fourth-order valence-corrected chi connectivity index (χ4v) is 2.39. The molecule has 0 saturated heterocycles. The molecule has 3 aromatic rings. The van der Waals surface area contributed by atoms with Crippen LogP contribution in [0.25, 0.3) is 22.5 Å². The van der Waals surface area contributed by atoms with Gasteiger partial charge < -0.3 is 4.98 Å². The Balaban J connectivity index is 2.12. The van der Waals surface area contributed by atoms with Crippen LogP contribution in [0, 0.1) is 6.92 Å². The molecule has 0 spiro atoms. The zero-order chi connectivity index (χ0) is 14.1. The summed E-state index contributed by atoms with van der Waals surface area (Å²) in [5.74, 6) is 0.875. The van der Waals surface area contributed by atoms with E-state index in [2.05, 4.69) is 9.97 Å². The molecule has 0 aliphatic carbocycles. The number of nitrogens with zero attached hydrogens (tertiary/aromatic N) is 1. The molecule has 2 nitrogen and oxygen atoms in total. The molecule has 0 fully saturated rings. The van der Waals surface area contributed by atoms with Gasteiger partial charge >= 0.3 is 0 Å². The average molecular weight is 303 g/mol. The highest BCUT2D eigenvalue weighted by atomic mass is 35.5. The molecule has 0 saturated carbocycles. The van der Waals surface area contributed by atoms with E-state index < -0.39 is 0 Å².